The highest BCUT2D eigenvalue weighted by atomic mass is 16.5. The summed E-state index contributed by atoms with van der Waals surface area (Å²) in [6.07, 6.45) is 7.72. The van der Waals surface area contributed by atoms with Crippen LogP contribution in [0.5, 0.6) is 5.75 Å². The minimum absolute atomic E-state index is 0.116. The smallest absolute Gasteiger partial charge is 0.161 e. The highest BCUT2D eigenvalue weighted by Gasteiger charge is 2.43. The molecule has 1 aliphatic carbocycles. The molecule has 5 heteroatoms. The van der Waals surface area contributed by atoms with Gasteiger partial charge >= 0.3 is 0 Å². The summed E-state index contributed by atoms with van der Waals surface area (Å²) in [6, 6.07) is 0.116. The molecule has 1 fully saturated rings. The molecule has 1 heterocycles. The van der Waals surface area contributed by atoms with E-state index in [1.54, 1.807) is 7.11 Å². The van der Waals surface area contributed by atoms with Crippen LogP contribution in [0.15, 0.2) is 6.20 Å². The molecule has 5 nitrogen and oxygen atoms in total. The monoisotopic (exact) mass is 295 g/mol. The topological polar surface area (TPSA) is 48.3 Å². The van der Waals surface area contributed by atoms with E-state index in [1.807, 2.05) is 18.0 Å². The normalized spacial score (nSPS) is 19.4. The van der Waals surface area contributed by atoms with Crippen LogP contribution < -0.4 is 10.1 Å². The molecule has 1 saturated carbocycles. The van der Waals surface area contributed by atoms with Gasteiger partial charge in [0, 0.05) is 13.7 Å². The van der Waals surface area contributed by atoms with Crippen LogP contribution in [-0.4, -0.2) is 36.1 Å². The van der Waals surface area contributed by atoms with Gasteiger partial charge in [-0.15, -0.1) is 0 Å². The molecule has 120 valence electrons. The van der Waals surface area contributed by atoms with Gasteiger partial charge in [-0.2, -0.15) is 5.10 Å². The maximum Gasteiger partial charge on any atom is 0.161 e. The lowest BCUT2D eigenvalue weighted by molar-refractivity contribution is -0.0707. The van der Waals surface area contributed by atoms with Crippen molar-refractivity contribution in [3.8, 4) is 5.75 Å². The van der Waals surface area contributed by atoms with Crippen LogP contribution in [-0.2, 0) is 11.3 Å². The van der Waals surface area contributed by atoms with E-state index in [2.05, 4.69) is 24.3 Å². The maximum absolute atomic E-state index is 6.06. The van der Waals surface area contributed by atoms with Crippen molar-refractivity contribution in [1.29, 1.82) is 0 Å². The number of likely N-dealkylation sites (N-methyl/N-ethyl adjacent to an activating group) is 1. The van der Waals surface area contributed by atoms with E-state index < -0.39 is 0 Å². The van der Waals surface area contributed by atoms with Crippen LogP contribution in [0.25, 0.3) is 0 Å². The van der Waals surface area contributed by atoms with Crippen molar-refractivity contribution in [2.24, 2.45) is 0 Å². The van der Waals surface area contributed by atoms with Gasteiger partial charge in [-0.3, -0.25) is 4.68 Å². The molecule has 0 saturated heterocycles. The molecular weight excluding hydrogens is 266 g/mol. The van der Waals surface area contributed by atoms with Crippen molar-refractivity contribution in [2.45, 2.75) is 64.1 Å². The molecule has 0 bridgehead atoms. The van der Waals surface area contributed by atoms with Crippen molar-refractivity contribution in [1.82, 2.24) is 15.1 Å². The number of nitrogens with one attached hydrogen (secondary N) is 1. The van der Waals surface area contributed by atoms with Crippen LogP contribution in [0.4, 0.5) is 0 Å². The molecule has 1 aliphatic rings. The van der Waals surface area contributed by atoms with Crippen molar-refractivity contribution in [3.63, 3.8) is 0 Å². The van der Waals surface area contributed by atoms with Crippen molar-refractivity contribution in [2.75, 3.05) is 20.8 Å². The van der Waals surface area contributed by atoms with Gasteiger partial charge in [0.05, 0.1) is 24.9 Å². The Bertz CT molecular complexity index is 417. The fraction of sp³-hybridized carbons (Fsp3) is 0.812. The zero-order valence-electron chi connectivity index (χ0n) is 13.8. The first kappa shape index (κ1) is 16.3. The molecule has 1 unspecified atom stereocenters. The third-order valence-corrected chi connectivity index (χ3v) is 4.68. The Balaban J connectivity index is 2.44. The largest absolute Gasteiger partial charge is 0.493 e. The van der Waals surface area contributed by atoms with Gasteiger partial charge in [0.15, 0.2) is 5.75 Å². The minimum atomic E-state index is -0.158. The van der Waals surface area contributed by atoms with Crippen LogP contribution in [0.2, 0.25) is 0 Å². The quantitative estimate of drug-likeness (QED) is 0.840. The Hall–Kier alpha value is -1.07. The molecule has 1 atom stereocenters. The Morgan fingerprint density at radius 1 is 1.29 bits per heavy atom. The number of aryl methyl sites for hydroxylation is 1. The number of ether oxygens (including phenoxy) is 2. The number of nitrogens with zero attached hydrogens (tertiary/aromatic N) is 2. The molecule has 2 rings (SSSR count). The summed E-state index contributed by atoms with van der Waals surface area (Å²) in [5.41, 5.74) is 0.958. The zero-order chi connectivity index (χ0) is 15.3. The van der Waals surface area contributed by atoms with E-state index >= 15 is 0 Å². The lowest BCUT2D eigenvalue weighted by atomic mass is 9.77. The van der Waals surface area contributed by atoms with E-state index in [4.69, 9.17) is 9.47 Å². The molecule has 0 amide bonds. The molecule has 0 radical (unpaired) electrons. The Morgan fingerprint density at radius 3 is 2.52 bits per heavy atom. The van der Waals surface area contributed by atoms with Crippen LogP contribution in [0, 0.1) is 0 Å². The van der Waals surface area contributed by atoms with Crippen molar-refractivity contribution in [3.05, 3.63) is 11.9 Å². The first-order valence-corrected chi connectivity index (χ1v) is 8.10. The number of methoxy groups -OCH3 is 2. The first-order chi connectivity index (χ1) is 10.2. The number of rotatable bonds is 7. The molecular formula is C16H29N3O2. The van der Waals surface area contributed by atoms with Crippen LogP contribution in [0.3, 0.4) is 0 Å². The first-order valence-electron chi connectivity index (χ1n) is 8.10. The predicted molar refractivity (Wildman–Crippen MR) is 83.7 cm³/mol. The Kier molecular flexibility index (Phi) is 5.65. The van der Waals surface area contributed by atoms with E-state index in [0.29, 0.717) is 0 Å². The van der Waals surface area contributed by atoms with Gasteiger partial charge in [0.25, 0.3) is 0 Å². The van der Waals surface area contributed by atoms with Gasteiger partial charge in [-0.05, 0) is 26.3 Å². The zero-order valence-corrected chi connectivity index (χ0v) is 13.8. The van der Waals surface area contributed by atoms with Gasteiger partial charge in [-0.25, -0.2) is 0 Å². The second-order valence-corrected chi connectivity index (χ2v) is 5.73. The SMILES string of the molecule is CCNC(c1c(OC)cnn1CC)C1(OC)CCCCC1. The lowest BCUT2D eigenvalue weighted by Gasteiger charge is -2.43. The molecule has 21 heavy (non-hydrogen) atoms. The van der Waals surface area contributed by atoms with E-state index in [1.165, 1.54) is 19.3 Å². The van der Waals surface area contributed by atoms with Crippen molar-refractivity contribution >= 4 is 0 Å². The van der Waals surface area contributed by atoms with E-state index in [-0.39, 0.29) is 11.6 Å². The summed E-state index contributed by atoms with van der Waals surface area (Å²) < 4.78 is 13.6. The summed E-state index contributed by atoms with van der Waals surface area (Å²) in [7, 11) is 3.55. The highest BCUT2D eigenvalue weighted by Crippen LogP contribution is 2.43. The predicted octanol–water partition coefficient (Wildman–Crippen LogP) is 2.91. The molecule has 0 spiro atoms. The third-order valence-electron chi connectivity index (χ3n) is 4.68. The van der Waals surface area contributed by atoms with Gasteiger partial charge in [0.1, 0.15) is 5.69 Å². The fourth-order valence-electron chi connectivity index (χ4n) is 3.58. The Labute approximate surface area is 128 Å². The second kappa shape index (κ2) is 7.27. The van der Waals surface area contributed by atoms with Gasteiger partial charge < -0.3 is 14.8 Å². The van der Waals surface area contributed by atoms with E-state index in [0.717, 1.165) is 37.4 Å². The lowest BCUT2D eigenvalue weighted by Crippen LogP contribution is -2.48. The number of aromatic nitrogens is 2. The maximum atomic E-state index is 6.06. The van der Waals surface area contributed by atoms with E-state index in [9.17, 15) is 0 Å². The minimum Gasteiger partial charge on any atom is -0.493 e. The summed E-state index contributed by atoms with van der Waals surface area (Å²) in [5, 5.41) is 8.10. The fourth-order valence-corrected chi connectivity index (χ4v) is 3.58. The van der Waals surface area contributed by atoms with Crippen LogP contribution >= 0.6 is 0 Å². The average Bonchev–Trinajstić information content (AvgIpc) is 2.95. The standard InChI is InChI=1S/C16H29N3O2/c1-5-17-15(16(21-4)10-8-7-9-11-16)14-13(20-3)12-18-19(14)6-2/h12,15,17H,5-11H2,1-4H3. The summed E-state index contributed by atoms with van der Waals surface area (Å²) in [5.74, 6) is 0.852. The molecule has 0 aliphatic heterocycles. The van der Waals surface area contributed by atoms with Crippen LogP contribution in [0.1, 0.15) is 57.7 Å². The van der Waals surface area contributed by atoms with Gasteiger partial charge in [-0.1, -0.05) is 26.2 Å². The molecule has 1 aromatic heterocycles. The molecule has 0 aromatic carbocycles. The molecule has 1 aromatic rings. The number of hydrogen-bond donors (Lipinski definition) is 1. The Morgan fingerprint density at radius 2 is 2.00 bits per heavy atom. The van der Waals surface area contributed by atoms with Crippen molar-refractivity contribution < 1.29 is 9.47 Å². The highest BCUT2D eigenvalue weighted by molar-refractivity contribution is 5.31. The van der Waals surface area contributed by atoms with Gasteiger partial charge in [0.2, 0.25) is 0 Å². The summed E-state index contributed by atoms with van der Waals surface area (Å²) in [6.45, 7) is 5.98. The number of hydrogen-bond acceptors (Lipinski definition) is 4. The third kappa shape index (κ3) is 3.09. The molecule has 1 N–H and O–H groups in total. The summed E-state index contributed by atoms with van der Waals surface area (Å²) in [4.78, 5) is 0. The average molecular weight is 295 g/mol. The second-order valence-electron chi connectivity index (χ2n) is 5.73. The summed E-state index contributed by atoms with van der Waals surface area (Å²) >= 11 is 0.